The first kappa shape index (κ1) is 16.9. The summed E-state index contributed by atoms with van der Waals surface area (Å²) in [5, 5.41) is -0.608. The molecule has 1 heterocycles. The molecule has 2 aromatic rings. The number of hydrogen-bond donors (Lipinski definition) is 1. The summed E-state index contributed by atoms with van der Waals surface area (Å²) in [6, 6.07) is 4.61. The second kappa shape index (κ2) is 5.64. The van der Waals surface area contributed by atoms with Crippen LogP contribution < -0.4 is 0 Å². The molecule has 9 heteroatoms. The van der Waals surface area contributed by atoms with Crippen LogP contribution in [0.3, 0.4) is 0 Å². The molecule has 0 fully saturated rings. The van der Waals surface area contributed by atoms with E-state index in [2.05, 4.69) is 0 Å². The molecular weight excluding hydrogens is 344 g/mol. The molecule has 22 heavy (non-hydrogen) atoms. The molecule has 1 unspecified atom stereocenters. The highest BCUT2D eigenvalue weighted by Gasteiger charge is 2.40. The second-order valence-corrected chi connectivity index (χ2v) is 7.17. The Bertz CT molecular complexity index is 777. The molecule has 120 valence electrons. The summed E-state index contributed by atoms with van der Waals surface area (Å²) < 4.78 is 83.8. The highest BCUT2D eigenvalue weighted by molar-refractivity contribution is 7.86. The minimum Gasteiger partial charge on any atom is -0.285 e. The van der Waals surface area contributed by atoms with Gasteiger partial charge in [0.25, 0.3) is 10.1 Å². The van der Waals surface area contributed by atoms with Crippen molar-refractivity contribution in [3.63, 3.8) is 0 Å². The smallest absolute Gasteiger partial charge is 0.285 e. The molecule has 0 aliphatic carbocycles. The third kappa shape index (κ3) is 3.31. The van der Waals surface area contributed by atoms with E-state index >= 15 is 0 Å². The lowest BCUT2D eigenvalue weighted by Crippen LogP contribution is -2.14. The van der Waals surface area contributed by atoms with Gasteiger partial charge in [0.05, 0.1) is 0 Å². The van der Waals surface area contributed by atoms with Gasteiger partial charge in [-0.2, -0.15) is 21.6 Å². The van der Waals surface area contributed by atoms with Crippen molar-refractivity contribution < 1.29 is 30.5 Å². The van der Waals surface area contributed by atoms with E-state index in [1.165, 1.54) is 12.1 Å². The molecule has 0 amide bonds. The van der Waals surface area contributed by atoms with E-state index in [0.29, 0.717) is 11.3 Å². The summed E-state index contributed by atoms with van der Waals surface area (Å²) in [5.41, 5.74) is -0.298. The number of benzene rings is 1. The van der Waals surface area contributed by atoms with E-state index in [1.807, 2.05) is 0 Å². The Labute approximate surface area is 128 Å². The van der Waals surface area contributed by atoms with Gasteiger partial charge in [0.15, 0.2) is 0 Å². The van der Waals surface area contributed by atoms with Crippen LogP contribution >= 0.6 is 11.3 Å². The minimum absolute atomic E-state index is 0.00227. The van der Waals surface area contributed by atoms with Crippen molar-refractivity contribution in [3.8, 4) is 11.1 Å². The van der Waals surface area contributed by atoms with E-state index < -0.39 is 37.8 Å². The van der Waals surface area contributed by atoms with Crippen LogP contribution in [0.5, 0.6) is 0 Å². The summed E-state index contributed by atoms with van der Waals surface area (Å²) in [7, 11) is -4.71. The molecule has 0 aliphatic rings. The fourth-order valence-corrected chi connectivity index (χ4v) is 3.66. The van der Waals surface area contributed by atoms with Crippen molar-refractivity contribution in [2.45, 2.75) is 18.3 Å². The normalized spacial score (nSPS) is 14.1. The van der Waals surface area contributed by atoms with Crippen molar-refractivity contribution in [1.29, 1.82) is 0 Å². The van der Waals surface area contributed by atoms with E-state index in [-0.39, 0.29) is 11.1 Å². The van der Waals surface area contributed by atoms with Crippen LogP contribution in [0.2, 0.25) is 0 Å². The first-order valence-corrected chi connectivity index (χ1v) is 8.31. The maximum Gasteiger partial charge on any atom is 0.425 e. The minimum atomic E-state index is -4.75. The molecule has 1 aromatic heterocycles. The summed E-state index contributed by atoms with van der Waals surface area (Å²) >= 11 is 0.332. The summed E-state index contributed by atoms with van der Waals surface area (Å²) in [5.74, 6) is -0.570. The van der Waals surface area contributed by atoms with Crippen LogP contribution in [-0.4, -0.2) is 13.0 Å². The van der Waals surface area contributed by atoms with Gasteiger partial charge < -0.3 is 0 Å². The molecule has 0 saturated heterocycles. The van der Waals surface area contributed by atoms with Crippen molar-refractivity contribution in [3.05, 3.63) is 45.9 Å². The Hall–Kier alpha value is -1.45. The SMILES string of the molecule is CC(c1c(-c2ccc(F)cc2)csc1C(F)(F)F)S(=O)(=O)O. The second-order valence-electron chi connectivity index (χ2n) is 4.55. The highest BCUT2D eigenvalue weighted by atomic mass is 32.2. The Balaban J connectivity index is 2.71. The molecule has 3 nitrogen and oxygen atoms in total. The number of hydrogen-bond acceptors (Lipinski definition) is 3. The predicted molar refractivity (Wildman–Crippen MR) is 74.7 cm³/mol. The molecule has 0 aliphatic heterocycles. The van der Waals surface area contributed by atoms with Gasteiger partial charge >= 0.3 is 6.18 Å². The third-order valence-corrected chi connectivity index (χ3v) is 5.27. The van der Waals surface area contributed by atoms with E-state index in [9.17, 15) is 26.0 Å². The molecule has 0 bridgehead atoms. The highest BCUT2D eigenvalue weighted by Crippen LogP contribution is 2.45. The van der Waals surface area contributed by atoms with Crippen molar-refractivity contribution in [2.75, 3.05) is 0 Å². The molecule has 2 rings (SSSR count). The van der Waals surface area contributed by atoms with E-state index in [4.69, 9.17) is 4.55 Å². The average Bonchev–Trinajstić information content (AvgIpc) is 2.82. The van der Waals surface area contributed by atoms with Crippen LogP contribution in [0.4, 0.5) is 17.6 Å². The maximum absolute atomic E-state index is 13.1. The number of thiophene rings is 1. The third-order valence-electron chi connectivity index (χ3n) is 3.10. The van der Waals surface area contributed by atoms with Gasteiger partial charge in [-0.25, -0.2) is 4.39 Å². The van der Waals surface area contributed by atoms with E-state index in [1.54, 1.807) is 0 Å². The zero-order valence-electron chi connectivity index (χ0n) is 11.1. The quantitative estimate of drug-likeness (QED) is 0.651. The van der Waals surface area contributed by atoms with Gasteiger partial charge in [-0.15, -0.1) is 11.3 Å². The molecule has 1 aromatic carbocycles. The van der Waals surface area contributed by atoms with Gasteiger partial charge in [0.1, 0.15) is 15.9 Å². The molecule has 0 radical (unpaired) electrons. The average molecular weight is 354 g/mol. The summed E-state index contributed by atoms with van der Waals surface area (Å²) in [6.45, 7) is 0.972. The largest absolute Gasteiger partial charge is 0.425 e. The zero-order chi connectivity index (χ0) is 16.7. The topological polar surface area (TPSA) is 54.4 Å². The van der Waals surface area contributed by atoms with Crippen molar-refractivity contribution in [1.82, 2.24) is 0 Å². The van der Waals surface area contributed by atoms with Gasteiger partial charge in [0.2, 0.25) is 0 Å². The fraction of sp³-hybridized carbons (Fsp3) is 0.231. The lowest BCUT2D eigenvalue weighted by Gasteiger charge is -2.15. The first-order chi connectivity index (χ1) is 10.0. The molecule has 0 spiro atoms. The first-order valence-electron chi connectivity index (χ1n) is 5.92. The number of rotatable bonds is 3. The maximum atomic E-state index is 13.1. The van der Waals surface area contributed by atoms with Crippen LogP contribution in [0.15, 0.2) is 29.6 Å². The molecule has 1 N–H and O–H groups in total. The molecular formula is C13H10F4O3S2. The fourth-order valence-electron chi connectivity index (χ4n) is 1.99. The predicted octanol–water partition coefficient (Wildman–Crippen LogP) is 4.52. The molecule has 0 saturated carbocycles. The van der Waals surface area contributed by atoms with Crippen molar-refractivity contribution in [2.24, 2.45) is 0 Å². The van der Waals surface area contributed by atoms with Crippen LogP contribution in [0.1, 0.15) is 22.6 Å². The van der Waals surface area contributed by atoms with Crippen LogP contribution in [0, 0.1) is 5.82 Å². The number of halogens is 4. The summed E-state index contributed by atoms with van der Waals surface area (Å²) in [4.78, 5) is -1.10. The Kier molecular flexibility index (Phi) is 4.33. The van der Waals surface area contributed by atoms with Crippen molar-refractivity contribution >= 4 is 21.5 Å². The van der Waals surface area contributed by atoms with Gasteiger partial charge in [0, 0.05) is 5.56 Å². The van der Waals surface area contributed by atoms with Gasteiger partial charge in [-0.05, 0) is 35.6 Å². The Morgan fingerprint density at radius 3 is 2.18 bits per heavy atom. The molecule has 1 atom stereocenters. The number of alkyl halides is 3. The van der Waals surface area contributed by atoms with Crippen LogP contribution in [-0.2, 0) is 16.3 Å². The van der Waals surface area contributed by atoms with E-state index in [0.717, 1.165) is 24.4 Å². The van der Waals surface area contributed by atoms with Gasteiger partial charge in [-0.3, -0.25) is 4.55 Å². The lowest BCUT2D eigenvalue weighted by atomic mass is 10.0. The summed E-state index contributed by atoms with van der Waals surface area (Å²) in [6.07, 6.45) is -4.75. The zero-order valence-corrected chi connectivity index (χ0v) is 12.7. The Morgan fingerprint density at radius 1 is 1.18 bits per heavy atom. The van der Waals surface area contributed by atoms with Crippen LogP contribution in [0.25, 0.3) is 11.1 Å². The lowest BCUT2D eigenvalue weighted by molar-refractivity contribution is -0.134. The Morgan fingerprint density at radius 2 is 1.73 bits per heavy atom. The monoisotopic (exact) mass is 354 g/mol. The standard InChI is InChI=1S/C13H10F4O3S2/c1-7(22(18,19)20)11-10(6-21-12(11)13(15,16)17)8-2-4-9(14)5-3-8/h2-7H,1H3,(H,18,19,20). The van der Waals surface area contributed by atoms with Gasteiger partial charge in [-0.1, -0.05) is 12.1 Å².